The number of hydrogen-bond donors (Lipinski definition) is 1. The first kappa shape index (κ1) is 18.5. The van der Waals surface area contributed by atoms with E-state index < -0.39 is 0 Å². The van der Waals surface area contributed by atoms with Crippen LogP contribution in [0.15, 0.2) is 78.9 Å². The van der Waals surface area contributed by atoms with E-state index in [2.05, 4.69) is 14.9 Å². The van der Waals surface area contributed by atoms with Crippen molar-refractivity contribution in [2.24, 2.45) is 0 Å². The van der Waals surface area contributed by atoms with Gasteiger partial charge >= 0.3 is 0 Å². The number of aromatic nitrogens is 2. The lowest BCUT2D eigenvalue weighted by Gasteiger charge is -2.07. The third-order valence-corrected chi connectivity index (χ3v) is 4.65. The van der Waals surface area contributed by atoms with Crippen LogP contribution in [0.2, 0.25) is 0 Å². The minimum absolute atomic E-state index is 0.195. The van der Waals surface area contributed by atoms with Gasteiger partial charge in [-0.2, -0.15) is 0 Å². The van der Waals surface area contributed by atoms with Crippen LogP contribution in [0.25, 0.3) is 22.8 Å². The van der Waals surface area contributed by atoms with Gasteiger partial charge in [0.25, 0.3) is 0 Å². The van der Waals surface area contributed by atoms with Crippen molar-refractivity contribution >= 4 is 28.7 Å². The molecule has 0 radical (unpaired) electrons. The Morgan fingerprint density at radius 2 is 1.79 bits per heavy atom. The van der Waals surface area contributed by atoms with Gasteiger partial charge < -0.3 is 10.1 Å². The Bertz CT molecular complexity index is 1180. The van der Waals surface area contributed by atoms with E-state index in [0.29, 0.717) is 5.69 Å². The summed E-state index contributed by atoms with van der Waals surface area (Å²) >= 11 is 0. The summed E-state index contributed by atoms with van der Waals surface area (Å²) in [6, 6.07) is 23.4. The summed E-state index contributed by atoms with van der Waals surface area (Å²) in [4.78, 5) is 16.9. The Morgan fingerprint density at radius 1 is 1.03 bits per heavy atom. The number of benzene rings is 3. The Balaban J connectivity index is 1.52. The number of carbonyl (C=O) groups is 1. The monoisotopic (exact) mass is 383 g/mol. The fourth-order valence-electron chi connectivity index (χ4n) is 3.25. The quantitative estimate of drug-likeness (QED) is 0.494. The molecule has 29 heavy (non-hydrogen) atoms. The molecule has 144 valence electrons. The highest BCUT2D eigenvalue weighted by Gasteiger charge is 2.10. The van der Waals surface area contributed by atoms with Gasteiger partial charge in [0.1, 0.15) is 11.6 Å². The van der Waals surface area contributed by atoms with Crippen LogP contribution in [-0.2, 0) is 4.79 Å². The van der Waals surface area contributed by atoms with Gasteiger partial charge in [0.15, 0.2) is 0 Å². The Labute approximate surface area is 169 Å². The van der Waals surface area contributed by atoms with Crippen molar-refractivity contribution in [3.05, 3.63) is 90.3 Å². The molecule has 0 aliphatic carbocycles. The molecule has 0 fully saturated rings. The van der Waals surface area contributed by atoms with E-state index in [0.717, 1.165) is 33.9 Å². The molecule has 0 saturated carbocycles. The summed E-state index contributed by atoms with van der Waals surface area (Å²) in [6.45, 7) is 1.98. The molecule has 4 rings (SSSR count). The highest BCUT2D eigenvalue weighted by Crippen LogP contribution is 2.24. The smallest absolute Gasteiger partial charge is 0.248 e. The Hall–Kier alpha value is -3.86. The first-order chi connectivity index (χ1) is 14.1. The molecule has 5 heteroatoms. The number of nitrogens with zero attached hydrogens (tertiary/aromatic N) is 2. The normalized spacial score (nSPS) is 11.1. The van der Waals surface area contributed by atoms with Crippen molar-refractivity contribution in [3.8, 4) is 11.4 Å². The molecule has 1 heterocycles. The number of methoxy groups -OCH3 is 1. The van der Waals surface area contributed by atoms with Crippen LogP contribution >= 0.6 is 0 Å². The van der Waals surface area contributed by atoms with E-state index in [1.54, 1.807) is 13.2 Å². The number of imidazole rings is 1. The van der Waals surface area contributed by atoms with Crippen LogP contribution < -0.4 is 10.1 Å². The van der Waals surface area contributed by atoms with Crippen LogP contribution in [-0.4, -0.2) is 22.6 Å². The first-order valence-electron chi connectivity index (χ1n) is 9.32. The summed E-state index contributed by atoms with van der Waals surface area (Å²) in [7, 11) is 1.62. The number of hydrogen-bond acceptors (Lipinski definition) is 3. The van der Waals surface area contributed by atoms with E-state index in [-0.39, 0.29) is 5.91 Å². The lowest BCUT2D eigenvalue weighted by atomic mass is 10.2. The fraction of sp³-hybridized carbons (Fsp3) is 0.0833. The predicted molar refractivity (Wildman–Crippen MR) is 116 cm³/mol. The zero-order valence-corrected chi connectivity index (χ0v) is 16.3. The number of fused-ring (bicyclic) bond motifs is 1. The van der Waals surface area contributed by atoms with Crippen LogP contribution in [0.3, 0.4) is 0 Å². The number of anilines is 1. The van der Waals surface area contributed by atoms with Crippen LogP contribution in [0.5, 0.6) is 5.75 Å². The van der Waals surface area contributed by atoms with Gasteiger partial charge in [0, 0.05) is 17.5 Å². The molecule has 0 aliphatic rings. The minimum atomic E-state index is -0.195. The molecule has 1 amide bonds. The molecule has 0 aliphatic heterocycles. The second kappa shape index (κ2) is 8.02. The van der Waals surface area contributed by atoms with Crippen LogP contribution in [0.1, 0.15) is 11.4 Å². The average molecular weight is 383 g/mol. The van der Waals surface area contributed by atoms with Gasteiger partial charge in [-0.1, -0.05) is 30.3 Å². The number of nitrogens with one attached hydrogen (secondary N) is 1. The van der Waals surface area contributed by atoms with Gasteiger partial charge in [-0.3, -0.25) is 9.36 Å². The van der Waals surface area contributed by atoms with Crippen molar-refractivity contribution < 1.29 is 9.53 Å². The molecule has 4 aromatic rings. The maximum Gasteiger partial charge on any atom is 0.248 e. The van der Waals surface area contributed by atoms with E-state index >= 15 is 0 Å². The lowest BCUT2D eigenvalue weighted by Crippen LogP contribution is -2.07. The van der Waals surface area contributed by atoms with Gasteiger partial charge in [0.2, 0.25) is 5.91 Å². The SMILES string of the molecule is COc1ccc(/C=C/C(=O)Nc2ccc3c(c2)nc(C)n3-c2ccccc2)cc1. The van der Waals surface area contributed by atoms with Gasteiger partial charge in [-0.15, -0.1) is 0 Å². The highest BCUT2D eigenvalue weighted by molar-refractivity contribution is 6.02. The third-order valence-electron chi connectivity index (χ3n) is 4.65. The van der Waals surface area contributed by atoms with Gasteiger partial charge in [-0.25, -0.2) is 4.98 Å². The van der Waals surface area contributed by atoms with Crippen molar-refractivity contribution in [2.45, 2.75) is 6.92 Å². The van der Waals surface area contributed by atoms with Crippen molar-refractivity contribution in [2.75, 3.05) is 12.4 Å². The summed E-state index contributed by atoms with van der Waals surface area (Å²) in [5.74, 6) is 1.48. The average Bonchev–Trinajstić information content (AvgIpc) is 3.08. The predicted octanol–water partition coefficient (Wildman–Crippen LogP) is 4.99. The summed E-state index contributed by atoms with van der Waals surface area (Å²) in [5.41, 5.74) is 4.53. The van der Waals surface area contributed by atoms with Crippen molar-refractivity contribution in [1.82, 2.24) is 9.55 Å². The van der Waals surface area contributed by atoms with Gasteiger partial charge in [-0.05, 0) is 61.0 Å². The molecular weight excluding hydrogens is 362 g/mol. The standard InChI is InChI=1S/C24H21N3O2/c1-17-25-22-16-19(11-14-23(22)27(17)20-6-4-3-5-7-20)26-24(28)15-10-18-8-12-21(29-2)13-9-18/h3-16H,1-2H3,(H,26,28)/b15-10+. The zero-order valence-electron chi connectivity index (χ0n) is 16.3. The van der Waals surface area contributed by atoms with E-state index in [4.69, 9.17) is 4.74 Å². The number of carbonyl (C=O) groups excluding carboxylic acids is 1. The molecule has 0 saturated heterocycles. The molecular formula is C24H21N3O2. The summed E-state index contributed by atoms with van der Waals surface area (Å²) < 4.78 is 7.24. The van der Waals surface area contributed by atoms with E-state index in [9.17, 15) is 4.79 Å². The number of amides is 1. The fourth-order valence-corrected chi connectivity index (χ4v) is 3.25. The molecule has 1 aromatic heterocycles. The minimum Gasteiger partial charge on any atom is -0.497 e. The third kappa shape index (κ3) is 4.04. The topological polar surface area (TPSA) is 56.1 Å². The second-order valence-electron chi connectivity index (χ2n) is 6.63. The lowest BCUT2D eigenvalue weighted by molar-refractivity contribution is -0.111. The molecule has 5 nitrogen and oxygen atoms in total. The number of aryl methyl sites for hydroxylation is 1. The highest BCUT2D eigenvalue weighted by atomic mass is 16.5. The molecule has 0 atom stereocenters. The van der Waals surface area contributed by atoms with Crippen LogP contribution in [0, 0.1) is 6.92 Å². The molecule has 3 aromatic carbocycles. The largest absolute Gasteiger partial charge is 0.497 e. The summed E-state index contributed by atoms with van der Waals surface area (Å²) in [6.07, 6.45) is 3.28. The molecule has 0 bridgehead atoms. The van der Waals surface area contributed by atoms with Crippen molar-refractivity contribution in [3.63, 3.8) is 0 Å². The van der Waals surface area contributed by atoms with E-state index in [1.165, 1.54) is 6.08 Å². The van der Waals surface area contributed by atoms with E-state index in [1.807, 2.05) is 79.7 Å². The van der Waals surface area contributed by atoms with Crippen molar-refractivity contribution in [1.29, 1.82) is 0 Å². The maximum absolute atomic E-state index is 12.3. The molecule has 0 spiro atoms. The Morgan fingerprint density at radius 3 is 2.52 bits per heavy atom. The Kier molecular flexibility index (Phi) is 5.12. The van der Waals surface area contributed by atoms with Gasteiger partial charge in [0.05, 0.1) is 18.1 Å². The molecule has 1 N–H and O–H groups in total. The number of para-hydroxylation sites is 1. The molecule has 0 unspecified atom stereocenters. The summed E-state index contributed by atoms with van der Waals surface area (Å²) in [5, 5.41) is 2.90. The first-order valence-corrected chi connectivity index (χ1v) is 9.32. The zero-order chi connectivity index (χ0) is 20.2. The number of rotatable bonds is 5. The maximum atomic E-state index is 12.3. The second-order valence-corrected chi connectivity index (χ2v) is 6.63. The number of ether oxygens (including phenoxy) is 1. The van der Waals surface area contributed by atoms with Crippen LogP contribution in [0.4, 0.5) is 5.69 Å².